The van der Waals surface area contributed by atoms with Crippen LogP contribution in [0.15, 0.2) is 24.5 Å². The number of fused-ring (bicyclic) bond motifs is 1. The van der Waals surface area contributed by atoms with Crippen LogP contribution in [0.1, 0.15) is 17.4 Å². The zero-order valence-electron chi connectivity index (χ0n) is 6.99. The summed E-state index contributed by atoms with van der Waals surface area (Å²) in [5.74, 6) is -0.548. The molecule has 13 heavy (non-hydrogen) atoms. The van der Waals surface area contributed by atoms with E-state index in [1.54, 1.807) is 6.20 Å². The summed E-state index contributed by atoms with van der Waals surface area (Å²) in [6, 6.07) is 2.85. The molecule has 0 unspecified atom stereocenters. The van der Waals surface area contributed by atoms with Gasteiger partial charge < -0.3 is 0 Å². The highest BCUT2D eigenvalue weighted by Gasteiger charge is 2.09. The lowest BCUT2D eigenvalue weighted by atomic mass is 10.3. The van der Waals surface area contributed by atoms with Crippen molar-refractivity contribution in [1.29, 1.82) is 0 Å². The lowest BCUT2D eigenvalue weighted by Gasteiger charge is -1.96. The summed E-state index contributed by atoms with van der Waals surface area (Å²) in [5, 5.41) is 0. The molecule has 0 aliphatic heterocycles. The predicted octanol–water partition coefficient (Wildman–Crippen LogP) is 1.68. The number of pyridine rings is 1. The minimum atomic E-state index is -0.421. The Morgan fingerprint density at radius 1 is 1.62 bits per heavy atom. The van der Waals surface area contributed by atoms with Gasteiger partial charge in [0.1, 0.15) is 5.69 Å². The zero-order valence-corrected chi connectivity index (χ0v) is 6.99. The largest absolute Gasteiger partial charge is 0.295 e. The van der Waals surface area contributed by atoms with E-state index in [2.05, 4.69) is 4.98 Å². The standard InChI is InChI=1S/C9H7FN2O/c1-6(13)8-5-11-9-7(10)3-2-4-12(8)9/h2-5H,1H3. The molecule has 0 bridgehead atoms. The average Bonchev–Trinajstić information content (AvgIpc) is 2.48. The summed E-state index contributed by atoms with van der Waals surface area (Å²) >= 11 is 0. The van der Waals surface area contributed by atoms with Gasteiger partial charge in [0.2, 0.25) is 0 Å². The van der Waals surface area contributed by atoms with Crippen molar-refractivity contribution in [2.24, 2.45) is 0 Å². The van der Waals surface area contributed by atoms with Crippen LogP contribution >= 0.6 is 0 Å². The first-order valence-corrected chi connectivity index (χ1v) is 3.82. The molecule has 0 aliphatic rings. The van der Waals surface area contributed by atoms with Crippen LogP contribution in [0.5, 0.6) is 0 Å². The molecule has 2 rings (SSSR count). The van der Waals surface area contributed by atoms with Crippen LogP contribution in [-0.2, 0) is 0 Å². The third kappa shape index (κ3) is 1.11. The van der Waals surface area contributed by atoms with Crippen molar-refractivity contribution in [1.82, 2.24) is 9.38 Å². The molecule has 0 amide bonds. The van der Waals surface area contributed by atoms with E-state index in [0.29, 0.717) is 5.69 Å². The van der Waals surface area contributed by atoms with E-state index in [4.69, 9.17) is 0 Å². The summed E-state index contributed by atoms with van der Waals surface area (Å²) in [6.45, 7) is 1.42. The van der Waals surface area contributed by atoms with Crippen molar-refractivity contribution in [3.05, 3.63) is 36.0 Å². The van der Waals surface area contributed by atoms with Crippen LogP contribution < -0.4 is 0 Å². The molecule has 0 aliphatic carbocycles. The number of halogens is 1. The Balaban J connectivity index is 2.83. The minimum absolute atomic E-state index is 0.127. The van der Waals surface area contributed by atoms with E-state index in [1.165, 1.54) is 29.7 Å². The maximum atomic E-state index is 13.1. The van der Waals surface area contributed by atoms with Crippen LogP contribution in [0.3, 0.4) is 0 Å². The van der Waals surface area contributed by atoms with Gasteiger partial charge in [-0.3, -0.25) is 9.20 Å². The van der Waals surface area contributed by atoms with Gasteiger partial charge in [-0.2, -0.15) is 0 Å². The number of aromatic nitrogens is 2. The monoisotopic (exact) mass is 178 g/mol. The van der Waals surface area contributed by atoms with Crippen molar-refractivity contribution in [3.8, 4) is 0 Å². The average molecular weight is 178 g/mol. The van der Waals surface area contributed by atoms with Crippen molar-refractivity contribution < 1.29 is 9.18 Å². The van der Waals surface area contributed by atoms with E-state index in [1.807, 2.05) is 0 Å². The summed E-state index contributed by atoms with van der Waals surface area (Å²) in [7, 11) is 0. The highest BCUT2D eigenvalue weighted by atomic mass is 19.1. The summed E-state index contributed by atoms with van der Waals surface area (Å²) < 4.78 is 14.5. The molecule has 4 heteroatoms. The number of Topliss-reactive ketones (excluding diaryl/α,β-unsaturated/α-hetero) is 1. The van der Waals surface area contributed by atoms with Gasteiger partial charge in [0.05, 0.1) is 6.20 Å². The van der Waals surface area contributed by atoms with Gasteiger partial charge >= 0.3 is 0 Å². The van der Waals surface area contributed by atoms with Gasteiger partial charge in [0, 0.05) is 13.1 Å². The molecule has 3 nitrogen and oxygen atoms in total. The molecule has 2 aromatic heterocycles. The smallest absolute Gasteiger partial charge is 0.178 e. The number of nitrogens with zero attached hydrogens (tertiary/aromatic N) is 2. The van der Waals surface area contributed by atoms with E-state index < -0.39 is 5.82 Å². The van der Waals surface area contributed by atoms with Gasteiger partial charge in [-0.05, 0) is 12.1 Å². The van der Waals surface area contributed by atoms with Gasteiger partial charge in [-0.15, -0.1) is 0 Å². The Morgan fingerprint density at radius 3 is 3.08 bits per heavy atom. The molecular formula is C9H7FN2O. The molecule has 0 saturated carbocycles. The second-order valence-electron chi connectivity index (χ2n) is 2.75. The number of carbonyl (C=O) groups excluding carboxylic acids is 1. The zero-order chi connectivity index (χ0) is 9.42. The van der Waals surface area contributed by atoms with Crippen LogP contribution in [0.4, 0.5) is 4.39 Å². The van der Waals surface area contributed by atoms with E-state index in [0.717, 1.165) is 0 Å². The topological polar surface area (TPSA) is 34.4 Å². The minimum Gasteiger partial charge on any atom is -0.295 e. The Kier molecular flexibility index (Phi) is 1.62. The lowest BCUT2D eigenvalue weighted by molar-refractivity contribution is 0.101. The van der Waals surface area contributed by atoms with Crippen LogP contribution in [0.25, 0.3) is 5.65 Å². The van der Waals surface area contributed by atoms with E-state index in [-0.39, 0.29) is 11.4 Å². The molecule has 0 saturated heterocycles. The van der Waals surface area contributed by atoms with Crippen molar-refractivity contribution in [3.63, 3.8) is 0 Å². The molecule has 0 spiro atoms. The fraction of sp³-hybridized carbons (Fsp3) is 0.111. The Bertz CT molecular complexity index is 475. The van der Waals surface area contributed by atoms with Gasteiger partial charge in [0.25, 0.3) is 0 Å². The van der Waals surface area contributed by atoms with Gasteiger partial charge in [-0.25, -0.2) is 9.37 Å². The van der Waals surface area contributed by atoms with E-state index in [9.17, 15) is 9.18 Å². The molecule has 2 heterocycles. The molecule has 0 N–H and O–H groups in total. The Labute approximate surface area is 73.8 Å². The lowest BCUT2D eigenvalue weighted by Crippen LogP contribution is -1.98. The predicted molar refractivity (Wildman–Crippen MR) is 45.2 cm³/mol. The quantitative estimate of drug-likeness (QED) is 0.622. The molecule has 0 radical (unpaired) electrons. The normalized spacial score (nSPS) is 10.6. The van der Waals surface area contributed by atoms with Crippen molar-refractivity contribution in [2.45, 2.75) is 6.92 Å². The fourth-order valence-corrected chi connectivity index (χ4v) is 1.24. The first-order chi connectivity index (χ1) is 6.20. The van der Waals surface area contributed by atoms with Crippen molar-refractivity contribution in [2.75, 3.05) is 0 Å². The second kappa shape index (κ2) is 2.65. The molecule has 0 atom stereocenters. The number of imidazole rings is 1. The van der Waals surface area contributed by atoms with Crippen LogP contribution in [0.2, 0.25) is 0 Å². The first-order valence-electron chi connectivity index (χ1n) is 3.82. The molecule has 66 valence electrons. The number of ketones is 1. The first kappa shape index (κ1) is 7.91. The number of rotatable bonds is 1. The summed E-state index contributed by atoms with van der Waals surface area (Å²) in [4.78, 5) is 14.9. The molecule has 0 aromatic carbocycles. The maximum absolute atomic E-state index is 13.1. The Morgan fingerprint density at radius 2 is 2.38 bits per heavy atom. The molecule has 0 fully saturated rings. The molecule has 2 aromatic rings. The fourth-order valence-electron chi connectivity index (χ4n) is 1.24. The third-order valence-corrected chi connectivity index (χ3v) is 1.85. The number of carbonyl (C=O) groups is 1. The SMILES string of the molecule is CC(=O)c1cnc2c(F)cccn12. The highest BCUT2D eigenvalue weighted by Crippen LogP contribution is 2.10. The maximum Gasteiger partial charge on any atom is 0.178 e. The summed E-state index contributed by atoms with van der Waals surface area (Å²) in [5.41, 5.74) is 0.585. The molecular weight excluding hydrogens is 171 g/mol. The highest BCUT2D eigenvalue weighted by molar-refractivity contribution is 5.93. The van der Waals surface area contributed by atoms with Gasteiger partial charge in [-0.1, -0.05) is 0 Å². The Hall–Kier alpha value is -1.71. The summed E-state index contributed by atoms with van der Waals surface area (Å²) in [6.07, 6.45) is 2.99. The van der Waals surface area contributed by atoms with Crippen molar-refractivity contribution >= 4 is 11.4 Å². The van der Waals surface area contributed by atoms with E-state index >= 15 is 0 Å². The second-order valence-corrected chi connectivity index (χ2v) is 2.75. The number of hydrogen-bond donors (Lipinski definition) is 0. The third-order valence-electron chi connectivity index (χ3n) is 1.85. The van der Waals surface area contributed by atoms with Crippen LogP contribution in [0, 0.1) is 5.82 Å². The van der Waals surface area contributed by atoms with Gasteiger partial charge in [0.15, 0.2) is 17.2 Å². The number of hydrogen-bond acceptors (Lipinski definition) is 2. The van der Waals surface area contributed by atoms with Crippen LogP contribution in [-0.4, -0.2) is 15.2 Å².